The van der Waals surface area contributed by atoms with Crippen LogP contribution >= 0.6 is 0 Å². The molecule has 0 aromatic rings. The van der Waals surface area contributed by atoms with Gasteiger partial charge in [0.25, 0.3) is 0 Å². The van der Waals surface area contributed by atoms with Gasteiger partial charge in [0.2, 0.25) is 0 Å². The molecule has 1 heterocycles. The number of aliphatic hydroxyl groups is 1. The van der Waals surface area contributed by atoms with Gasteiger partial charge in [-0.25, -0.2) is 5.43 Å². The molecule has 0 aromatic heterocycles. The van der Waals surface area contributed by atoms with Crippen molar-refractivity contribution in [3.05, 3.63) is 11.8 Å². The molecule has 0 aliphatic carbocycles. The first-order valence-electron chi connectivity index (χ1n) is 10.5. The molecule has 1 rings (SSSR count). The van der Waals surface area contributed by atoms with Crippen LogP contribution in [-0.4, -0.2) is 29.3 Å². The van der Waals surface area contributed by atoms with Gasteiger partial charge < -0.3 is 10.1 Å². The van der Waals surface area contributed by atoms with Crippen molar-refractivity contribution >= 4 is 0 Å². The van der Waals surface area contributed by atoms with Crippen molar-refractivity contribution < 1.29 is 5.11 Å². The van der Waals surface area contributed by atoms with Gasteiger partial charge >= 0.3 is 0 Å². The summed E-state index contributed by atoms with van der Waals surface area (Å²) in [5.41, 5.74) is 4.48. The zero-order valence-corrected chi connectivity index (χ0v) is 16.5. The number of nitrogens with one attached hydrogen (secondary N) is 1. The molecule has 0 aromatic carbocycles. The van der Waals surface area contributed by atoms with E-state index in [-0.39, 0.29) is 6.61 Å². The quantitative estimate of drug-likeness (QED) is 0.392. The number of aliphatic hydroxyl groups excluding tert-OH is 1. The Bertz CT molecular complexity index is 330. The van der Waals surface area contributed by atoms with E-state index in [0.717, 1.165) is 18.0 Å². The minimum Gasteiger partial charge on any atom is -0.392 e. The van der Waals surface area contributed by atoms with Crippen LogP contribution < -0.4 is 5.43 Å². The van der Waals surface area contributed by atoms with Crippen LogP contribution in [0, 0.1) is 5.92 Å². The fourth-order valence-electron chi connectivity index (χ4n) is 3.38. The second kappa shape index (κ2) is 13.7. The Morgan fingerprint density at radius 1 is 1.00 bits per heavy atom. The summed E-state index contributed by atoms with van der Waals surface area (Å²) in [6.07, 6.45) is 18.8. The Morgan fingerprint density at radius 3 is 2.04 bits per heavy atom. The molecule has 0 fully saturated rings. The highest BCUT2D eigenvalue weighted by Crippen LogP contribution is 2.16. The maximum Gasteiger partial charge on any atom is 0.0675 e. The van der Waals surface area contributed by atoms with Crippen LogP contribution in [0.3, 0.4) is 0 Å². The lowest BCUT2D eigenvalue weighted by Crippen LogP contribution is -2.35. The highest BCUT2D eigenvalue weighted by atomic mass is 16.3. The third-order valence-corrected chi connectivity index (χ3v) is 5.46. The van der Waals surface area contributed by atoms with E-state index in [4.69, 9.17) is 0 Å². The van der Waals surface area contributed by atoms with Crippen molar-refractivity contribution in [2.75, 3.05) is 13.2 Å². The van der Waals surface area contributed by atoms with Gasteiger partial charge in [0, 0.05) is 18.8 Å². The van der Waals surface area contributed by atoms with Crippen molar-refractivity contribution in [3.63, 3.8) is 0 Å². The molecule has 2 N–H and O–H groups in total. The summed E-state index contributed by atoms with van der Waals surface area (Å²) >= 11 is 0. The minimum absolute atomic E-state index is 0.169. The van der Waals surface area contributed by atoms with Crippen LogP contribution in [0.1, 0.15) is 97.8 Å². The largest absolute Gasteiger partial charge is 0.392 e. The molecule has 0 spiro atoms. The molecule has 0 saturated heterocycles. The summed E-state index contributed by atoms with van der Waals surface area (Å²) in [4.78, 5) is 0. The van der Waals surface area contributed by atoms with E-state index < -0.39 is 0 Å². The van der Waals surface area contributed by atoms with Crippen molar-refractivity contribution in [1.29, 1.82) is 0 Å². The number of hydrogen-bond donors (Lipinski definition) is 2. The third-order valence-electron chi connectivity index (χ3n) is 5.46. The molecule has 0 bridgehead atoms. The number of hydrazine groups is 1. The maximum atomic E-state index is 9.21. The minimum atomic E-state index is 0.169. The van der Waals surface area contributed by atoms with Gasteiger partial charge in [-0.3, -0.25) is 0 Å². The molecular formula is C21H42N2O. The Labute approximate surface area is 150 Å². The normalized spacial score (nSPS) is 18.9. The average molecular weight is 339 g/mol. The fourth-order valence-corrected chi connectivity index (χ4v) is 3.38. The highest BCUT2D eigenvalue weighted by molar-refractivity contribution is 5.13. The number of unbranched alkanes of at least 4 members (excludes halogenated alkanes) is 9. The topological polar surface area (TPSA) is 35.5 Å². The molecule has 2 unspecified atom stereocenters. The van der Waals surface area contributed by atoms with Gasteiger partial charge in [-0.15, -0.1) is 0 Å². The summed E-state index contributed by atoms with van der Waals surface area (Å²) in [6.45, 7) is 8.01. The molecule has 0 amide bonds. The molecular weight excluding hydrogens is 296 g/mol. The lowest BCUT2D eigenvalue weighted by atomic mass is 9.99. The van der Waals surface area contributed by atoms with E-state index in [1.165, 1.54) is 77.0 Å². The number of nitrogens with zero attached hydrogens (tertiary/aromatic N) is 1. The van der Waals surface area contributed by atoms with Gasteiger partial charge in [0.15, 0.2) is 0 Å². The van der Waals surface area contributed by atoms with E-state index in [9.17, 15) is 5.11 Å². The van der Waals surface area contributed by atoms with Crippen molar-refractivity contribution in [2.24, 2.45) is 5.92 Å². The van der Waals surface area contributed by atoms with E-state index >= 15 is 0 Å². The lowest BCUT2D eigenvalue weighted by molar-refractivity contribution is 0.268. The number of rotatable bonds is 15. The highest BCUT2D eigenvalue weighted by Gasteiger charge is 2.17. The standard InChI is InChI=1S/C21H42N2O/c1-4-19(2)15-13-11-9-7-5-6-8-10-12-14-16-23-17-21(18-24)20(3)22-23/h17,19-20,22,24H,4-16,18H2,1-3H3. The van der Waals surface area contributed by atoms with Crippen LogP contribution in [0.4, 0.5) is 0 Å². The summed E-state index contributed by atoms with van der Waals surface area (Å²) in [7, 11) is 0. The van der Waals surface area contributed by atoms with E-state index in [0.29, 0.717) is 6.04 Å². The van der Waals surface area contributed by atoms with Crippen molar-refractivity contribution in [2.45, 2.75) is 104 Å². The molecule has 0 radical (unpaired) electrons. The summed E-state index contributed by atoms with van der Waals surface area (Å²) < 4.78 is 0. The van der Waals surface area contributed by atoms with Gasteiger partial charge in [-0.05, 0) is 24.8 Å². The Morgan fingerprint density at radius 2 is 1.54 bits per heavy atom. The Balaban J connectivity index is 1.81. The van der Waals surface area contributed by atoms with Crippen molar-refractivity contribution in [3.8, 4) is 0 Å². The zero-order valence-electron chi connectivity index (χ0n) is 16.5. The van der Waals surface area contributed by atoms with E-state index in [2.05, 4.69) is 37.4 Å². The smallest absolute Gasteiger partial charge is 0.0675 e. The first-order chi connectivity index (χ1) is 11.7. The SMILES string of the molecule is CCC(C)CCCCCCCCCCCCN1C=C(CO)C(C)N1. The molecule has 3 nitrogen and oxygen atoms in total. The third kappa shape index (κ3) is 9.68. The van der Waals surface area contributed by atoms with Gasteiger partial charge in [-0.1, -0.05) is 84.5 Å². The van der Waals surface area contributed by atoms with Crippen molar-refractivity contribution in [1.82, 2.24) is 10.4 Å². The first kappa shape index (κ1) is 21.5. The second-order valence-corrected chi connectivity index (χ2v) is 7.74. The van der Waals surface area contributed by atoms with Gasteiger partial charge in [0.05, 0.1) is 6.61 Å². The molecule has 142 valence electrons. The molecule has 1 aliphatic rings. The van der Waals surface area contributed by atoms with Crippen LogP contribution in [0.25, 0.3) is 0 Å². The summed E-state index contributed by atoms with van der Waals surface area (Å²) in [5, 5.41) is 11.4. The van der Waals surface area contributed by atoms with Crippen LogP contribution in [0.2, 0.25) is 0 Å². The fraction of sp³-hybridized carbons (Fsp3) is 0.905. The van der Waals surface area contributed by atoms with Gasteiger partial charge in [0.1, 0.15) is 0 Å². The second-order valence-electron chi connectivity index (χ2n) is 7.74. The predicted molar refractivity (Wildman–Crippen MR) is 105 cm³/mol. The number of hydrogen-bond acceptors (Lipinski definition) is 3. The molecule has 1 aliphatic heterocycles. The Kier molecular flexibility index (Phi) is 12.3. The summed E-state index contributed by atoms with van der Waals surface area (Å²) in [5.74, 6) is 0.926. The molecule has 0 saturated carbocycles. The summed E-state index contributed by atoms with van der Waals surface area (Å²) in [6, 6.07) is 0.292. The van der Waals surface area contributed by atoms with E-state index in [1.54, 1.807) is 0 Å². The van der Waals surface area contributed by atoms with Gasteiger partial charge in [-0.2, -0.15) is 0 Å². The first-order valence-corrected chi connectivity index (χ1v) is 10.5. The molecule has 3 heteroatoms. The van der Waals surface area contributed by atoms with Crippen LogP contribution in [0.15, 0.2) is 11.8 Å². The predicted octanol–water partition coefficient (Wildman–Crippen LogP) is 5.41. The van der Waals surface area contributed by atoms with E-state index in [1.807, 2.05) is 0 Å². The lowest BCUT2D eigenvalue weighted by Gasteiger charge is -2.17. The maximum absolute atomic E-state index is 9.21. The average Bonchev–Trinajstić information content (AvgIpc) is 2.95. The Hall–Kier alpha value is -0.540. The van der Waals surface area contributed by atoms with Crippen LogP contribution in [0.5, 0.6) is 0 Å². The zero-order chi connectivity index (χ0) is 17.6. The van der Waals surface area contributed by atoms with Crippen LogP contribution in [-0.2, 0) is 0 Å². The monoisotopic (exact) mass is 338 g/mol. The molecule has 24 heavy (non-hydrogen) atoms. The molecule has 2 atom stereocenters.